The summed E-state index contributed by atoms with van der Waals surface area (Å²) in [5, 5.41) is 2.20. The van der Waals surface area contributed by atoms with Gasteiger partial charge in [-0.15, -0.1) is 0 Å². The molecule has 0 bridgehead atoms. The largest absolute Gasteiger partial charge is 0.384 e. The fourth-order valence-corrected chi connectivity index (χ4v) is 5.54. The molecule has 33 heavy (non-hydrogen) atoms. The minimum absolute atomic E-state index is 0.00690. The second kappa shape index (κ2) is 8.65. The number of rotatable bonds is 5. The zero-order valence-corrected chi connectivity index (χ0v) is 18.8. The predicted molar refractivity (Wildman–Crippen MR) is 129 cm³/mol. The van der Waals surface area contributed by atoms with E-state index in [0.29, 0.717) is 5.69 Å². The average Bonchev–Trinajstić information content (AvgIpc) is 3.08. The smallest absolute Gasteiger partial charge is 0.262 e. The van der Waals surface area contributed by atoms with E-state index in [1.54, 1.807) is 23.5 Å². The van der Waals surface area contributed by atoms with Crippen LogP contribution in [-0.4, -0.2) is 16.4 Å². The monoisotopic (exact) mass is 471 g/mol. The molecule has 4 aromatic rings. The summed E-state index contributed by atoms with van der Waals surface area (Å²) in [5.41, 5.74) is 6.34. The van der Waals surface area contributed by atoms with Crippen molar-refractivity contribution in [3.05, 3.63) is 106 Å². The van der Waals surface area contributed by atoms with Gasteiger partial charge in [0.2, 0.25) is 0 Å². The molecule has 3 aromatic carbocycles. The topological polar surface area (TPSA) is 94.2 Å². The van der Waals surface area contributed by atoms with Gasteiger partial charge in [0, 0.05) is 25.6 Å². The number of amides is 2. The highest BCUT2D eigenvalue weighted by molar-refractivity contribution is 8.00. The molecule has 5 rings (SSSR count). The van der Waals surface area contributed by atoms with Gasteiger partial charge in [0.1, 0.15) is 5.82 Å². The molecule has 1 aromatic heterocycles. The van der Waals surface area contributed by atoms with E-state index in [9.17, 15) is 14.4 Å². The van der Waals surface area contributed by atoms with Crippen LogP contribution in [0.2, 0.25) is 0 Å². The molecule has 0 saturated carbocycles. The number of benzene rings is 3. The molecule has 3 N–H and O–H groups in total. The molecule has 1 aliphatic rings. The van der Waals surface area contributed by atoms with E-state index in [0.717, 1.165) is 25.6 Å². The van der Waals surface area contributed by atoms with Crippen LogP contribution >= 0.6 is 23.5 Å². The molecule has 0 spiro atoms. The maximum absolute atomic E-state index is 13.0. The highest BCUT2D eigenvalue weighted by Gasteiger charge is 2.32. The Labute approximate surface area is 197 Å². The van der Waals surface area contributed by atoms with Crippen LogP contribution in [0, 0.1) is 0 Å². The standard InChI is InChI=1S/C25H17N3O3S2/c26-23-22-20(24(30)27-25(22)31)14-21(29)28(23)15-11-18(32-16-7-3-1-4-8-16)13-19(12-15)33-17-9-5-2-6-10-17/h1-14H,26H2,(H,27,30,31). The summed E-state index contributed by atoms with van der Waals surface area (Å²) in [6.07, 6.45) is 0. The number of carbonyl (C=O) groups excluding carboxylic acids is 2. The number of imide groups is 1. The minimum atomic E-state index is -0.611. The van der Waals surface area contributed by atoms with Gasteiger partial charge < -0.3 is 5.73 Å². The Kier molecular flexibility index (Phi) is 5.53. The van der Waals surface area contributed by atoms with Crippen LogP contribution in [-0.2, 0) is 0 Å². The molecule has 0 radical (unpaired) electrons. The fraction of sp³-hybridized carbons (Fsp3) is 0. The number of hydrogen-bond donors (Lipinski definition) is 2. The fourth-order valence-electron chi connectivity index (χ4n) is 3.60. The van der Waals surface area contributed by atoms with Gasteiger partial charge >= 0.3 is 0 Å². The molecule has 1 aliphatic heterocycles. The summed E-state index contributed by atoms with van der Waals surface area (Å²) < 4.78 is 1.28. The first kappa shape index (κ1) is 21.1. The lowest BCUT2D eigenvalue weighted by Gasteiger charge is -2.15. The van der Waals surface area contributed by atoms with Crippen molar-refractivity contribution in [3.8, 4) is 5.69 Å². The van der Waals surface area contributed by atoms with Gasteiger partial charge in [0.25, 0.3) is 17.4 Å². The number of pyridine rings is 1. The number of anilines is 1. The summed E-state index contributed by atoms with van der Waals surface area (Å²) in [5.74, 6) is -1.27. The molecule has 2 heterocycles. The normalized spacial score (nSPS) is 12.5. The number of carbonyl (C=O) groups is 2. The highest BCUT2D eigenvalue weighted by atomic mass is 32.2. The zero-order chi connectivity index (χ0) is 22.9. The lowest BCUT2D eigenvalue weighted by atomic mass is 10.1. The second-order valence-electron chi connectivity index (χ2n) is 7.27. The molecular weight excluding hydrogens is 454 g/mol. The van der Waals surface area contributed by atoms with Crippen molar-refractivity contribution in [1.29, 1.82) is 0 Å². The van der Waals surface area contributed by atoms with Gasteiger partial charge in [0.05, 0.1) is 16.8 Å². The van der Waals surface area contributed by atoms with Crippen LogP contribution in [0.5, 0.6) is 0 Å². The third-order valence-corrected chi connectivity index (χ3v) is 6.99. The van der Waals surface area contributed by atoms with Crippen molar-refractivity contribution in [2.24, 2.45) is 0 Å². The van der Waals surface area contributed by atoms with Crippen molar-refractivity contribution in [2.75, 3.05) is 5.73 Å². The molecule has 0 fully saturated rings. The quantitative estimate of drug-likeness (QED) is 0.413. The average molecular weight is 472 g/mol. The highest BCUT2D eigenvalue weighted by Crippen LogP contribution is 2.36. The molecule has 2 amide bonds. The SMILES string of the molecule is Nc1c2c(cc(=O)n1-c1cc(Sc3ccccc3)cc(Sc3ccccc3)c1)C(=O)NC2=O. The van der Waals surface area contributed by atoms with E-state index in [1.807, 2.05) is 78.9 Å². The molecule has 0 unspecified atom stereocenters. The van der Waals surface area contributed by atoms with Crippen LogP contribution < -0.4 is 16.6 Å². The Morgan fingerprint density at radius 1 is 0.667 bits per heavy atom. The van der Waals surface area contributed by atoms with E-state index in [4.69, 9.17) is 5.73 Å². The molecular formula is C25H17N3O3S2. The van der Waals surface area contributed by atoms with Crippen LogP contribution in [0.25, 0.3) is 5.69 Å². The Bertz CT molecular complexity index is 1390. The van der Waals surface area contributed by atoms with E-state index < -0.39 is 17.4 Å². The molecule has 0 saturated heterocycles. The van der Waals surface area contributed by atoms with Crippen LogP contribution in [0.1, 0.15) is 20.7 Å². The lowest BCUT2D eigenvalue weighted by molar-refractivity contribution is 0.0880. The predicted octanol–water partition coefficient (Wildman–Crippen LogP) is 4.61. The van der Waals surface area contributed by atoms with Crippen LogP contribution in [0.15, 0.2) is 109 Å². The maximum atomic E-state index is 13.0. The van der Waals surface area contributed by atoms with Gasteiger partial charge in [0.15, 0.2) is 0 Å². The number of hydrogen-bond acceptors (Lipinski definition) is 6. The molecule has 6 nitrogen and oxygen atoms in total. The summed E-state index contributed by atoms with van der Waals surface area (Å²) in [6.45, 7) is 0. The van der Waals surface area contributed by atoms with Gasteiger partial charge in [-0.1, -0.05) is 59.9 Å². The summed E-state index contributed by atoms with van der Waals surface area (Å²) in [7, 11) is 0. The van der Waals surface area contributed by atoms with Gasteiger partial charge in [-0.25, -0.2) is 0 Å². The van der Waals surface area contributed by atoms with Crippen molar-refractivity contribution < 1.29 is 9.59 Å². The number of aromatic nitrogens is 1. The van der Waals surface area contributed by atoms with Gasteiger partial charge in [-0.05, 0) is 42.5 Å². The molecule has 0 atom stereocenters. The van der Waals surface area contributed by atoms with Crippen molar-refractivity contribution in [2.45, 2.75) is 19.6 Å². The van der Waals surface area contributed by atoms with Gasteiger partial charge in [-0.2, -0.15) is 0 Å². The third-order valence-electron chi connectivity index (χ3n) is 5.03. The number of fused-ring (bicyclic) bond motifs is 1. The van der Waals surface area contributed by atoms with Crippen molar-refractivity contribution >= 4 is 41.2 Å². The Balaban J connectivity index is 1.65. The van der Waals surface area contributed by atoms with Crippen molar-refractivity contribution in [1.82, 2.24) is 9.88 Å². The number of nitrogen functional groups attached to an aromatic ring is 1. The number of nitrogens with zero attached hydrogens (tertiary/aromatic N) is 1. The Morgan fingerprint density at radius 2 is 1.21 bits per heavy atom. The van der Waals surface area contributed by atoms with E-state index in [1.165, 1.54) is 4.57 Å². The maximum Gasteiger partial charge on any atom is 0.262 e. The van der Waals surface area contributed by atoms with E-state index in [-0.39, 0.29) is 16.9 Å². The van der Waals surface area contributed by atoms with Crippen LogP contribution in [0.4, 0.5) is 5.82 Å². The number of nitrogens with two attached hydrogens (primary N) is 1. The van der Waals surface area contributed by atoms with E-state index in [2.05, 4.69) is 5.32 Å². The third kappa shape index (κ3) is 4.18. The Hall–Kier alpha value is -3.75. The summed E-state index contributed by atoms with van der Waals surface area (Å²) >= 11 is 3.11. The minimum Gasteiger partial charge on any atom is -0.384 e. The van der Waals surface area contributed by atoms with Crippen molar-refractivity contribution in [3.63, 3.8) is 0 Å². The first-order chi connectivity index (χ1) is 16.0. The lowest BCUT2D eigenvalue weighted by Crippen LogP contribution is -2.24. The zero-order valence-electron chi connectivity index (χ0n) is 17.1. The number of nitrogens with one attached hydrogen (secondary N) is 1. The first-order valence-electron chi connectivity index (χ1n) is 10.0. The Morgan fingerprint density at radius 3 is 1.76 bits per heavy atom. The molecule has 162 valence electrons. The van der Waals surface area contributed by atoms with E-state index >= 15 is 0 Å². The molecule has 0 aliphatic carbocycles. The van der Waals surface area contributed by atoms with Gasteiger partial charge in [-0.3, -0.25) is 24.3 Å². The molecule has 8 heteroatoms. The van der Waals surface area contributed by atoms with Crippen LogP contribution in [0.3, 0.4) is 0 Å². The summed E-state index contributed by atoms with van der Waals surface area (Å²) in [6, 6.07) is 26.7. The first-order valence-corrected chi connectivity index (χ1v) is 11.7. The summed E-state index contributed by atoms with van der Waals surface area (Å²) in [4.78, 5) is 41.1. The second-order valence-corrected chi connectivity index (χ2v) is 9.56.